The summed E-state index contributed by atoms with van der Waals surface area (Å²) in [4.78, 5) is 15.8. The van der Waals surface area contributed by atoms with Crippen LogP contribution in [0.1, 0.15) is 12.1 Å². The summed E-state index contributed by atoms with van der Waals surface area (Å²) in [6.07, 6.45) is 2.18. The van der Waals surface area contributed by atoms with E-state index in [0.717, 1.165) is 0 Å². The number of halogens is 1. The molecule has 1 atom stereocenters. The van der Waals surface area contributed by atoms with Gasteiger partial charge in [-0.1, -0.05) is 11.6 Å². The minimum absolute atomic E-state index is 0.142. The molecular formula is C12H16ClN3O3S. The number of hydrogen-bond acceptors (Lipinski definition) is 4. The van der Waals surface area contributed by atoms with E-state index in [2.05, 4.69) is 10.3 Å². The Morgan fingerprint density at radius 2 is 2.30 bits per heavy atom. The first-order valence-electron chi connectivity index (χ1n) is 6.21. The Hall–Kier alpha value is -1.18. The molecule has 6 nitrogen and oxygen atoms in total. The highest BCUT2D eigenvalue weighted by Crippen LogP contribution is 2.17. The number of sulfonamides is 1. The summed E-state index contributed by atoms with van der Waals surface area (Å²) in [5, 5.41) is 3.26. The second-order valence-corrected chi connectivity index (χ2v) is 7.31. The summed E-state index contributed by atoms with van der Waals surface area (Å²) in [5.41, 5.74) is 0.624. The first-order chi connectivity index (χ1) is 9.38. The molecule has 1 aromatic rings. The fourth-order valence-corrected chi connectivity index (χ4v) is 3.64. The lowest BCUT2D eigenvalue weighted by Crippen LogP contribution is -2.40. The summed E-state index contributed by atoms with van der Waals surface area (Å²) in [5.74, 6) is -0.0412. The van der Waals surface area contributed by atoms with E-state index in [0.29, 0.717) is 23.7 Å². The van der Waals surface area contributed by atoms with Gasteiger partial charge in [-0.05, 0) is 18.6 Å². The van der Waals surface area contributed by atoms with Crippen LogP contribution in [0, 0.1) is 0 Å². The minimum atomic E-state index is -3.13. The lowest BCUT2D eigenvalue weighted by Gasteiger charge is -2.18. The molecule has 1 amide bonds. The molecule has 2 rings (SSSR count). The zero-order chi connectivity index (χ0) is 14.8. The standard InChI is InChI=1S/C12H16ClN3O3S/c1-16-11(4-5-20(16,18)19)8-15-12(17)6-10-3-2-9(13)7-14-10/h2-3,7,11H,4-6,8H2,1H3,(H,15,17). The molecule has 1 fully saturated rings. The molecule has 110 valence electrons. The van der Waals surface area contributed by atoms with Crippen LogP contribution in [0.25, 0.3) is 0 Å². The van der Waals surface area contributed by atoms with Gasteiger partial charge in [-0.3, -0.25) is 9.78 Å². The molecule has 0 bridgehead atoms. The van der Waals surface area contributed by atoms with Crippen molar-refractivity contribution >= 4 is 27.5 Å². The van der Waals surface area contributed by atoms with Gasteiger partial charge in [-0.2, -0.15) is 0 Å². The molecule has 1 aromatic heterocycles. The van der Waals surface area contributed by atoms with Crippen LogP contribution in [-0.2, 0) is 21.2 Å². The number of amides is 1. The highest BCUT2D eigenvalue weighted by atomic mass is 35.5. The van der Waals surface area contributed by atoms with Crippen LogP contribution in [0.3, 0.4) is 0 Å². The molecule has 1 N–H and O–H groups in total. The largest absolute Gasteiger partial charge is 0.354 e. The highest BCUT2D eigenvalue weighted by Gasteiger charge is 2.33. The number of aromatic nitrogens is 1. The van der Waals surface area contributed by atoms with Crippen molar-refractivity contribution in [1.82, 2.24) is 14.6 Å². The van der Waals surface area contributed by atoms with Crippen molar-refractivity contribution in [2.75, 3.05) is 19.3 Å². The second-order valence-electron chi connectivity index (χ2n) is 4.72. The molecule has 2 heterocycles. The van der Waals surface area contributed by atoms with Crippen molar-refractivity contribution in [3.05, 3.63) is 29.0 Å². The van der Waals surface area contributed by atoms with Crippen LogP contribution in [0.5, 0.6) is 0 Å². The second kappa shape index (κ2) is 6.07. The van der Waals surface area contributed by atoms with Gasteiger partial charge in [0.15, 0.2) is 0 Å². The van der Waals surface area contributed by atoms with Gasteiger partial charge in [0.1, 0.15) is 0 Å². The van der Waals surface area contributed by atoms with Crippen molar-refractivity contribution in [3.8, 4) is 0 Å². The Balaban J connectivity index is 1.83. The number of nitrogens with one attached hydrogen (secondary N) is 1. The van der Waals surface area contributed by atoms with E-state index >= 15 is 0 Å². The first-order valence-corrected chi connectivity index (χ1v) is 8.20. The van der Waals surface area contributed by atoms with E-state index in [1.807, 2.05) is 0 Å². The number of likely N-dealkylation sites (N-methyl/N-ethyl adjacent to an activating group) is 1. The number of pyridine rings is 1. The maximum absolute atomic E-state index is 11.8. The quantitative estimate of drug-likeness (QED) is 0.873. The smallest absolute Gasteiger partial charge is 0.226 e. The Bertz CT molecular complexity index is 588. The zero-order valence-corrected chi connectivity index (χ0v) is 12.6. The fraction of sp³-hybridized carbons (Fsp3) is 0.500. The van der Waals surface area contributed by atoms with Crippen LogP contribution in [0.15, 0.2) is 18.3 Å². The topological polar surface area (TPSA) is 79.4 Å². The van der Waals surface area contributed by atoms with Gasteiger partial charge in [0.05, 0.1) is 17.2 Å². The number of carbonyl (C=O) groups is 1. The fourth-order valence-electron chi connectivity index (χ4n) is 2.04. The van der Waals surface area contributed by atoms with E-state index in [1.54, 1.807) is 19.2 Å². The summed E-state index contributed by atoms with van der Waals surface area (Å²) in [6.45, 7) is 0.322. The molecule has 20 heavy (non-hydrogen) atoms. The van der Waals surface area contributed by atoms with Crippen molar-refractivity contribution < 1.29 is 13.2 Å². The molecule has 8 heteroatoms. The number of carbonyl (C=O) groups excluding carboxylic acids is 1. The molecule has 0 aliphatic carbocycles. The SMILES string of the molecule is CN1C(CNC(=O)Cc2ccc(Cl)cn2)CCS1(=O)=O. The molecule has 1 unspecified atom stereocenters. The average Bonchev–Trinajstić information content (AvgIpc) is 2.65. The van der Waals surface area contributed by atoms with Gasteiger partial charge in [0, 0.05) is 31.5 Å². The van der Waals surface area contributed by atoms with Crippen LogP contribution < -0.4 is 5.32 Å². The molecule has 0 radical (unpaired) electrons. The van der Waals surface area contributed by atoms with E-state index in [-0.39, 0.29) is 24.1 Å². The average molecular weight is 318 g/mol. The first kappa shape index (κ1) is 15.2. The van der Waals surface area contributed by atoms with Crippen molar-refractivity contribution in [2.45, 2.75) is 18.9 Å². The van der Waals surface area contributed by atoms with Gasteiger partial charge >= 0.3 is 0 Å². The van der Waals surface area contributed by atoms with E-state index < -0.39 is 10.0 Å². The number of rotatable bonds is 4. The van der Waals surface area contributed by atoms with E-state index in [1.165, 1.54) is 10.5 Å². The number of hydrogen-bond donors (Lipinski definition) is 1. The van der Waals surface area contributed by atoms with Crippen LogP contribution in [0.4, 0.5) is 0 Å². The molecule has 1 aliphatic heterocycles. The Morgan fingerprint density at radius 3 is 2.85 bits per heavy atom. The van der Waals surface area contributed by atoms with E-state index in [4.69, 9.17) is 11.6 Å². The molecule has 1 aliphatic rings. The van der Waals surface area contributed by atoms with Gasteiger partial charge in [0.25, 0.3) is 0 Å². The Labute approximate surface area is 123 Å². The lowest BCUT2D eigenvalue weighted by molar-refractivity contribution is -0.120. The minimum Gasteiger partial charge on any atom is -0.354 e. The van der Waals surface area contributed by atoms with Crippen LogP contribution in [0.2, 0.25) is 5.02 Å². The molecule has 1 saturated heterocycles. The van der Waals surface area contributed by atoms with Gasteiger partial charge in [0.2, 0.25) is 15.9 Å². The van der Waals surface area contributed by atoms with Crippen molar-refractivity contribution in [1.29, 1.82) is 0 Å². The summed E-state index contributed by atoms with van der Waals surface area (Å²) < 4.78 is 24.4. The Kier molecular flexibility index (Phi) is 4.62. The number of nitrogens with zero attached hydrogens (tertiary/aromatic N) is 2. The zero-order valence-electron chi connectivity index (χ0n) is 11.0. The molecule has 0 spiro atoms. The third-order valence-corrected chi connectivity index (χ3v) is 5.48. The maximum Gasteiger partial charge on any atom is 0.226 e. The predicted octanol–water partition coefficient (Wildman–Crippen LogP) is 0.428. The maximum atomic E-state index is 11.8. The Morgan fingerprint density at radius 1 is 1.55 bits per heavy atom. The van der Waals surface area contributed by atoms with Gasteiger partial charge < -0.3 is 5.32 Å². The lowest BCUT2D eigenvalue weighted by atomic mass is 10.2. The molecule has 0 aromatic carbocycles. The highest BCUT2D eigenvalue weighted by molar-refractivity contribution is 7.89. The predicted molar refractivity (Wildman–Crippen MR) is 75.9 cm³/mol. The van der Waals surface area contributed by atoms with Crippen LogP contribution in [-0.4, -0.2) is 49.0 Å². The van der Waals surface area contributed by atoms with E-state index in [9.17, 15) is 13.2 Å². The third kappa shape index (κ3) is 3.68. The van der Waals surface area contributed by atoms with Gasteiger partial charge in [-0.25, -0.2) is 12.7 Å². The normalized spacial score (nSPS) is 21.8. The van der Waals surface area contributed by atoms with Crippen LogP contribution >= 0.6 is 11.6 Å². The van der Waals surface area contributed by atoms with Crippen molar-refractivity contribution in [3.63, 3.8) is 0 Å². The molecular weight excluding hydrogens is 302 g/mol. The van der Waals surface area contributed by atoms with Gasteiger partial charge in [-0.15, -0.1) is 0 Å². The monoisotopic (exact) mass is 317 g/mol. The summed E-state index contributed by atoms with van der Waals surface area (Å²) >= 11 is 5.71. The van der Waals surface area contributed by atoms with Crippen molar-refractivity contribution in [2.24, 2.45) is 0 Å². The molecule has 0 saturated carbocycles. The summed E-state index contributed by atoms with van der Waals surface area (Å²) in [7, 11) is -1.59. The summed E-state index contributed by atoms with van der Waals surface area (Å²) in [6, 6.07) is 3.20. The third-order valence-electron chi connectivity index (χ3n) is 3.33.